The van der Waals surface area contributed by atoms with Gasteiger partial charge in [-0.25, -0.2) is 8.42 Å². The van der Waals surface area contributed by atoms with E-state index in [9.17, 15) is 13.2 Å². The SMILES string of the molecule is COc1ccccc1NC(=O)CCc1ccc(S(=O)(=O)N2CCOCC2)cc1. The van der Waals surface area contributed by atoms with Crippen LogP contribution < -0.4 is 10.1 Å². The van der Waals surface area contributed by atoms with Crippen LogP contribution in [-0.2, 0) is 26.0 Å². The molecule has 1 aliphatic rings. The predicted octanol–water partition coefficient (Wildman–Crippen LogP) is 2.29. The largest absolute Gasteiger partial charge is 0.495 e. The van der Waals surface area contributed by atoms with Gasteiger partial charge >= 0.3 is 0 Å². The Morgan fingerprint density at radius 1 is 1.11 bits per heavy atom. The van der Waals surface area contributed by atoms with Crippen LogP contribution in [0.1, 0.15) is 12.0 Å². The zero-order valence-corrected chi connectivity index (χ0v) is 16.6. The van der Waals surface area contributed by atoms with Crippen LogP contribution in [-0.4, -0.2) is 52.0 Å². The standard InChI is InChI=1S/C20H24N2O5S/c1-26-19-5-3-2-4-18(19)21-20(23)11-8-16-6-9-17(10-7-16)28(24,25)22-12-14-27-15-13-22/h2-7,9-10H,8,11-15H2,1H3,(H,21,23). The summed E-state index contributed by atoms with van der Waals surface area (Å²) >= 11 is 0. The van der Waals surface area contributed by atoms with Crippen molar-refractivity contribution in [2.75, 3.05) is 38.7 Å². The third-order valence-electron chi connectivity index (χ3n) is 4.55. The third-order valence-corrected chi connectivity index (χ3v) is 6.47. The molecule has 150 valence electrons. The maximum absolute atomic E-state index is 12.6. The summed E-state index contributed by atoms with van der Waals surface area (Å²) in [5.74, 6) is 0.475. The second-order valence-electron chi connectivity index (χ2n) is 6.41. The van der Waals surface area contributed by atoms with E-state index in [-0.39, 0.29) is 17.2 Å². The van der Waals surface area contributed by atoms with Gasteiger partial charge in [0, 0.05) is 19.5 Å². The maximum atomic E-state index is 12.6. The number of benzene rings is 2. The van der Waals surface area contributed by atoms with Gasteiger partial charge in [0.15, 0.2) is 0 Å². The number of morpholine rings is 1. The van der Waals surface area contributed by atoms with Gasteiger partial charge in [0.2, 0.25) is 15.9 Å². The van der Waals surface area contributed by atoms with Gasteiger partial charge < -0.3 is 14.8 Å². The van der Waals surface area contributed by atoms with Crippen molar-refractivity contribution < 1.29 is 22.7 Å². The Hall–Kier alpha value is -2.42. The van der Waals surface area contributed by atoms with Crippen LogP contribution in [0, 0.1) is 0 Å². The summed E-state index contributed by atoms with van der Waals surface area (Å²) in [7, 11) is -1.95. The van der Waals surface area contributed by atoms with Gasteiger partial charge in [0.25, 0.3) is 0 Å². The molecule has 8 heteroatoms. The molecular weight excluding hydrogens is 380 g/mol. The number of ether oxygens (including phenoxy) is 2. The Labute approximate surface area is 165 Å². The normalized spacial score (nSPS) is 15.2. The molecule has 0 bridgehead atoms. The molecule has 0 unspecified atom stereocenters. The Kier molecular flexibility index (Phi) is 6.66. The van der Waals surface area contributed by atoms with E-state index in [0.717, 1.165) is 5.56 Å². The van der Waals surface area contributed by atoms with Gasteiger partial charge in [-0.3, -0.25) is 4.79 Å². The molecule has 2 aromatic rings. The van der Waals surface area contributed by atoms with E-state index in [0.29, 0.717) is 44.2 Å². The minimum Gasteiger partial charge on any atom is -0.495 e. The lowest BCUT2D eigenvalue weighted by molar-refractivity contribution is -0.116. The van der Waals surface area contributed by atoms with Crippen molar-refractivity contribution in [1.29, 1.82) is 0 Å². The Morgan fingerprint density at radius 2 is 1.79 bits per heavy atom. The van der Waals surface area contributed by atoms with Gasteiger partial charge in [0.05, 0.1) is 30.9 Å². The van der Waals surface area contributed by atoms with E-state index in [1.165, 1.54) is 4.31 Å². The first-order valence-corrected chi connectivity index (χ1v) is 10.5. The van der Waals surface area contributed by atoms with Gasteiger partial charge in [-0.2, -0.15) is 4.31 Å². The molecule has 7 nitrogen and oxygen atoms in total. The van der Waals surface area contributed by atoms with Crippen LogP contribution >= 0.6 is 0 Å². The van der Waals surface area contributed by atoms with Gasteiger partial charge in [-0.15, -0.1) is 0 Å². The molecule has 1 aliphatic heterocycles. The number of hydrogen-bond donors (Lipinski definition) is 1. The van der Waals surface area contributed by atoms with Gasteiger partial charge in [-0.05, 0) is 36.2 Å². The fourth-order valence-electron chi connectivity index (χ4n) is 2.98. The summed E-state index contributed by atoms with van der Waals surface area (Å²) in [5.41, 5.74) is 1.53. The lowest BCUT2D eigenvalue weighted by Crippen LogP contribution is -2.40. The van der Waals surface area contributed by atoms with Crippen LogP contribution in [0.25, 0.3) is 0 Å². The Balaban J connectivity index is 1.57. The number of hydrogen-bond acceptors (Lipinski definition) is 5. The van der Waals surface area contributed by atoms with Gasteiger partial charge in [-0.1, -0.05) is 24.3 Å². The molecule has 28 heavy (non-hydrogen) atoms. The van der Waals surface area contributed by atoms with Crippen LogP contribution in [0.5, 0.6) is 5.75 Å². The average Bonchev–Trinajstić information content (AvgIpc) is 2.73. The molecule has 0 radical (unpaired) electrons. The molecule has 0 saturated carbocycles. The van der Waals surface area contributed by atoms with E-state index >= 15 is 0 Å². The zero-order chi connectivity index (χ0) is 20.0. The van der Waals surface area contributed by atoms with E-state index < -0.39 is 10.0 Å². The number of anilines is 1. The van der Waals surface area contributed by atoms with Crippen molar-refractivity contribution in [3.05, 3.63) is 54.1 Å². The summed E-state index contributed by atoms with van der Waals surface area (Å²) in [4.78, 5) is 12.5. The number of amides is 1. The number of carbonyl (C=O) groups excluding carboxylic acids is 1. The van der Waals surface area contributed by atoms with Crippen LogP contribution in [0.15, 0.2) is 53.4 Å². The highest BCUT2D eigenvalue weighted by molar-refractivity contribution is 7.89. The van der Waals surface area contributed by atoms with Crippen molar-refractivity contribution in [1.82, 2.24) is 4.31 Å². The first kappa shape index (κ1) is 20.3. The van der Waals surface area contributed by atoms with Crippen molar-refractivity contribution in [2.24, 2.45) is 0 Å². The number of rotatable bonds is 7. The molecular formula is C20H24N2O5S. The first-order valence-electron chi connectivity index (χ1n) is 9.10. The number of para-hydroxylation sites is 2. The molecule has 3 rings (SSSR count). The highest BCUT2D eigenvalue weighted by Gasteiger charge is 2.26. The number of sulfonamides is 1. The fraction of sp³-hybridized carbons (Fsp3) is 0.350. The monoisotopic (exact) mass is 404 g/mol. The molecule has 1 heterocycles. The lowest BCUT2D eigenvalue weighted by Gasteiger charge is -2.26. The second kappa shape index (κ2) is 9.18. The lowest BCUT2D eigenvalue weighted by atomic mass is 10.1. The first-order chi connectivity index (χ1) is 13.5. The molecule has 1 saturated heterocycles. The summed E-state index contributed by atoms with van der Waals surface area (Å²) in [6, 6.07) is 13.9. The molecule has 0 atom stereocenters. The highest BCUT2D eigenvalue weighted by atomic mass is 32.2. The molecule has 1 N–H and O–H groups in total. The van der Waals surface area contributed by atoms with Gasteiger partial charge in [0.1, 0.15) is 5.75 Å². The van der Waals surface area contributed by atoms with Crippen molar-refractivity contribution in [3.8, 4) is 5.75 Å². The number of nitrogens with zero attached hydrogens (tertiary/aromatic N) is 1. The molecule has 1 fully saturated rings. The molecule has 0 aromatic heterocycles. The van der Waals surface area contributed by atoms with Crippen molar-refractivity contribution >= 4 is 21.6 Å². The number of nitrogens with one attached hydrogen (secondary N) is 1. The van der Waals surface area contributed by atoms with Crippen LogP contribution in [0.2, 0.25) is 0 Å². The van der Waals surface area contributed by atoms with Crippen LogP contribution in [0.3, 0.4) is 0 Å². The van der Waals surface area contributed by atoms with Crippen molar-refractivity contribution in [3.63, 3.8) is 0 Å². The highest BCUT2D eigenvalue weighted by Crippen LogP contribution is 2.23. The minimum atomic E-state index is -3.50. The molecule has 0 aliphatic carbocycles. The summed E-state index contributed by atoms with van der Waals surface area (Å²) < 4.78 is 37.1. The third kappa shape index (κ3) is 4.89. The van der Waals surface area contributed by atoms with Crippen molar-refractivity contribution in [2.45, 2.75) is 17.7 Å². The fourth-order valence-corrected chi connectivity index (χ4v) is 4.39. The predicted molar refractivity (Wildman–Crippen MR) is 106 cm³/mol. The molecule has 0 spiro atoms. The smallest absolute Gasteiger partial charge is 0.243 e. The second-order valence-corrected chi connectivity index (χ2v) is 8.35. The van der Waals surface area contributed by atoms with E-state index in [4.69, 9.17) is 9.47 Å². The van der Waals surface area contributed by atoms with E-state index in [2.05, 4.69) is 5.32 Å². The molecule has 1 amide bonds. The number of methoxy groups -OCH3 is 1. The maximum Gasteiger partial charge on any atom is 0.243 e. The summed E-state index contributed by atoms with van der Waals surface area (Å²) in [5, 5.41) is 2.83. The topological polar surface area (TPSA) is 84.9 Å². The van der Waals surface area contributed by atoms with E-state index in [1.807, 2.05) is 12.1 Å². The summed E-state index contributed by atoms with van der Waals surface area (Å²) in [6.45, 7) is 1.57. The minimum absolute atomic E-state index is 0.130. The molecule has 2 aromatic carbocycles. The average molecular weight is 404 g/mol. The Bertz CT molecular complexity index is 906. The van der Waals surface area contributed by atoms with E-state index in [1.54, 1.807) is 43.5 Å². The van der Waals surface area contributed by atoms with Crippen LogP contribution in [0.4, 0.5) is 5.69 Å². The number of aryl methyl sites for hydroxylation is 1. The quantitative estimate of drug-likeness (QED) is 0.765. The number of carbonyl (C=O) groups is 1. The summed E-state index contributed by atoms with van der Waals surface area (Å²) in [6.07, 6.45) is 0.798. The Morgan fingerprint density at radius 3 is 2.46 bits per heavy atom. The zero-order valence-electron chi connectivity index (χ0n) is 15.8.